The minimum atomic E-state index is -0.174. The van der Waals surface area contributed by atoms with Gasteiger partial charge in [-0.15, -0.1) is 0 Å². The van der Waals surface area contributed by atoms with Crippen LogP contribution in [0.3, 0.4) is 0 Å². The van der Waals surface area contributed by atoms with Crippen LogP contribution in [0.5, 0.6) is 0 Å². The van der Waals surface area contributed by atoms with Crippen molar-refractivity contribution in [1.82, 2.24) is 9.97 Å². The number of hydrogen-bond acceptors (Lipinski definition) is 6. The van der Waals surface area contributed by atoms with Crippen LogP contribution in [-0.4, -0.2) is 36.1 Å². The summed E-state index contributed by atoms with van der Waals surface area (Å²) in [6.07, 6.45) is 1.75. The fourth-order valence-corrected chi connectivity index (χ4v) is 2.77. The molecule has 6 nitrogen and oxygen atoms in total. The van der Waals surface area contributed by atoms with Gasteiger partial charge in [-0.1, -0.05) is 12.1 Å². The Kier molecular flexibility index (Phi) is 3.60. The highest BCUT2D eigenvalue weighted by Gasteiger charge is 2.28. The van der Waals surface area contributed by atoms with Gasteiger partial charge in [0.25, 0.3) is 0 Å². The largest absolute Gasteiger partial charge is 0.469 e. The molecule has 0 radical (unpaired) electrons. The van der Waals surface area contributed by atoms with E-state index in [1.54, 1.807) is 0 Å². The minimum Gasteiger partial charge on any atom is -0.469 e. The number of carbonyl (C=O) groups is 1. The molecule has 1 aliphatic rings. The van der Waals surface area contributed by atoms with E-state index in [9.17, 15) is 4.79 Å². The lowest BCUT2D eigenvalue weighted by Crippen LogP contribution is -2.40. The number of carbonyl (C=O) groups excluding carboxylic acids is 1. The first-order valence-corrected chi connectivity index (χ1v) is 7.04. The maximum atomic E-state index is 11.7. The standard InChI is InChI=1S/C15H18N4O2/c1-21-15(20)10-5-4-8-19(9-10)14-13(16)17-11-6-2-3-7-12(11)18-14/h2-3,6-7,10H,4-5,8-9H2,1H3,(H2,16,17). The first kappa shape index (κ1) is 13.6. The van der Waals surface area contributed by atoms with Crippen molar-refractivity contribution < 1.29 is 9.53 Å². The summed E-state index contributed by atoms with van der Waals surface area (Å²) in [6, 6.07) is 7.62. The van der Waals surface area contributed by atoms with Crippen LogP contribution in [0.25, 0.3) is 11.0 Å². The van der Waals surface area contributed by atoms with Gasteiger partial charge in [-0.25, -0.2) is 9.97 Å². The molecule has 2 aromatic rings. The average molecular weight is 286 g/mol. The number of hydrogen-bond donors (Lipinski definition) is 1. The first-order chi connectivity index (χ1) is 10.2. The van der Waals surface area contributed by atoms with Crippen molar-refractivity contribution in [3.05, 3.63) is 24.3 Å². The Morgan fingerprint density at radius 2 is 2.05 bits per heavy atom. The van der Waals surface area contributed by atoms with E-state index in [0.29, 0.717) is 18.2 Å². The predicted molar refractivity (Wildman–Crippen MR) is 80.9 cm³/mol. The summed E-state index contributed by atoms with van der Waals surface area (Å²) in [5.74, 6) is 0.755. The van der Waals surface area contributed by atoms with Crippen molar-refractivity contribution in [2.75, 3.05) is 30.8 Å². The van der Waals surface area contributed by atoms with E-state index in [-0.39, 0.29) is 11.9 Å². The monoisotopic (exact) mass is 286 g/mol. The second-order valence-electron chi connectivity index (χ2n) is 5.23. The topological polar surface area (TPSA) is 81.3 Å². The Bertz CT molecular complexity index is 674. The number of anilines is 2. The van der Waals surface area contributed by atoms with Gasteiger partial charge >= 0.3 is 5.97 Å². The summed E-state index contributed by atoms with van der Waals surface area (Å²) in [4.78, 5) is 22.8. The maximum Gasteiger partial charge on any atom is 0.310 e. The van der Waals surface area contributed by atoms with Gasteiger partial charge in [-0.2, -0.15) is 0 Å². The number of esters is 1. The van der Waals surface area contributed by atoms with Crippen LogP contribution < -0.4 is 10.6 Å². The van der Waals surface area contributed by atoms with Crippen molar-refractivity contribution >= 4 is 28.6 Å². The van der Waals surface area contributed by atoms with Gasteiger partial charge in [-0.05, 0) is 25.0 Å². The smallest absolute Gasteiger partial charge is 0.310 e. The van der Waals surface area contributed by atoms with Gasteiger partial charge in [0, 0.05) is 13.1 Å². The Hall–Kier alpha value is -2.37. The Morgan fingerprint density at radius 1 is 1.33 bits per heavy atom. The highest BCUT2D eigenvalue weighted by Crippen LogP contribution is 2.27. The molecule has 0 amide bonds. The third-order valence-corrected chi connectivity index (χ3v) is 3.83. The minimum absolute atomic E-state index is 0.128. The number of piperidine rings is 1. The molecule has 3 rings (SSSR count). The van der Waals surface area contributed by atoms with Gasteiger partial charge in [-0.3, -0.25) is 4.79 Å². The molecule has 0 spiro atoms. The maximum absolute atomic E-state index is 11.7. The Morgan fingerprint density at radius 3 is 2.76 bits per heavy atom. The summed E-state index contributed by atoms with van der Waals surface area (Å²) < 4.78 is 4.84. The summed E-state index contributed by atoms with van der Waals surface area (Å²) in [7, 11) is 1.42. The molecule has 2 N–H and O–H groups in total. The van der Waals surface area contributed by atoms with Gasteiger partial charge in [0.2, 0.25) is 0 Å². The molecule has 1 fully saturated rings. The number of benzene rings is 1. The van der Waals surface area contributed by atoms with E-state index >= 15 is 0 Å². The van der Waals surface area contributed by atoms with Gasteiger partial charge in [0.15, 0.2) is 11.6 Å². The van der Waals surface area contributed by atoms with E-state index in [1.165, 1.54) is 7.11 Å². The van der Waals surface area contributed by atoms with Crippen LogP contribution in [0.1, 0.15) is 12.8 Å². The highest BCUT2D eigenvalue weighted by molar-refractivity contribution is 5.80. The molecular weight excluding hydrogens is 268 g/mol. The summed E-state index contributed by atoms with van der Waals surface area (Å²) in [5.41, 5.74) is 7.63. The summed E-state index contributed by atoms with van der Waals surface area (Å²) >= 11 is 0. The molecule has 0 bridgehead atoms. The molecule has 6 heteroatoms. The van der Waals surface area contributed by atoms with Crippen LogP contribution in [-0.2, 0) is 9.53 Å². The number of aromatic nitrogens is 2. The van der Waals surface area contributed by atoms with E-state index in [2.05, 4.69) is 9.97 Å². The molecule has 1 aromatic carbocycles. The van der Waals surface area contributed by atoms with Gasteiger partial charge in [0.1, 0.15) is 0 Å². The van der Waals surface area contributed by atoms with Gasteiger partial charge < -0.3 is 15.4 Å². The molecule has 1 aliphatic heterocycles. The Balaban J connectivity index is 1.92. The molecule has 1 unspecified atom stereocenters. The second-order valence-corrected chi connectivity index (χ2v) is 5.23. The van der Waals surface area contributed by atoms with Crippen molar-refractivity contribution in [2.24, 2.45) is 5.92 Å². The number of para-hydroxylation sites is 2. The Labute approximate surface area is 122 Å². The third kappa shape index (κ3) is 2.61. The van der Waals surface area contributed by atoms with Crippen LogP contribution in [0, 0.1) is 5.92 Å². The summed E-state index contributed by atoms with van der Waals surface area (Å²) in [5, 5.41) is 0. The lowest BCUT2D eigenvalue weighted by Gasteiger charge is -2.32. The van der Waals surface area contributed by atoms with E-state index in [1.807, 2.05) is 29.2 Å². The quantitative estimate of drug-likeness (QED) is 0.845. The number of nitrogens with zero attached hydrogens (tertiary/aromatic N) is 3. The molecular formula is C15H18N4O2. The number of fused-ring (bicyclic) bond motifs is 1. The van der Waals surface area contributed by atoms with E-state index < -0.39 is 0 Å². The molecule has 2 heterocycles. The zero-order chi connectivity index (χ0) is 14.8. The lowest BCUT2D eigenvalue weighted by atomic mass is 9.98. The fraction of sp³-hybridized carbons (Fsp3) is 0.400. The molecule has 0 aliphatic carbocycles. The number of nitrogen functional groups attached to an aromatic ring is 1. The molecule has 1 aromatic heterocycles. The van der Waals surface area contributed by atoms with Crippen molar-refractivity contribution in [3.8, 4) is 0 Å². The van der Waals surface area contributed by atoms with Crippen LogP contribution in [0.2, 0.25) is 0 Å². The van der Waals surface area contributed by atoms with Crippen LogP contribution in [0.15, 0.2) is 24.3 Å². The zero-order valence-corrected chi connectivity index (χ0v) is 12.0. The highest BCUT2D eigenvalue weighted by atomic mass is 16.5. The predicted octanol–water partition coefficient (Wildman–Crippen LogP) is 1.60. The molecule has 21 heavy (non-hydrogen) atoms. The van der Waals surface area contributed by atoms with Crippen molar-refractivity contribution in [1.29, 1.82) is 0 Å². The van der Waals surface area contributed by atoms with E-state index in [0.717, 1.165) is 30.4 Å². The van der Waals surface area contributed by atoms with Crippen LogP contribution >= 0.6 is 0 Å². The van der Waals surface area contributed by atoms with E-state index in [4.69, 9.17) is 10.5 Å². The fourth-order valence-electron chi connectivity index (χ4n) is 2.77. The average Bonchev–Trinajstić information content (AvgIpc) is 2.53. The summed E-state index contributed by atoms with van der Waals surface area (Å²) in [6.45, 7) is 1.40. The van der Waals surface area contributed by atoms with Crippen molar-refractivity contribution in [2.45, 2.75) is 12.8 Å². The van der Waals surface area contributed by atoms with Gasteiger partial charge in [0.05, 0.1) is 24.1 Å². The number of rotatable bonds is 2. The zero-order valence-electron chi connectivity index (χ0n) is 12.0. The lowest BCUT2D eigenvalue weighted by molar-refractivity contribution is -0.145. The molecule has 110 valence electrons. The third-order valence-electron chi connectivity index (χ3n) is 3.83. The molecule has 1 atom stereocenters. The SMILES string of the molecule is COC(=O)C1CCCN(c2nc3ccccc3nc2N)C1. The van der Waals surface area contributed by atoms with Crippen LogP contribution in [0.4, 0.5) is 11.6 Å². The normalized spacial score (nSPS) is 18.7. The number of methoxy groups -OCH3 is 1. The first-order valence-electron chi connectivity index (χ1n) is 7.04. The molecule has 1 saturated heterocycles. The number of ether oxygens (including phenoxy) is 1. The van der Waals surface area contributed by atoms with Crippen molar-refractivity contribution in [3.63, 3.8) is 0 Å². The number of nitrogens with two attached hydrogens (primary N) is 1. The second kappa shape index (κ2) is 5.55. The molecule has 0 saturated carbocycles.